The molecule has 39 heavy (non-hydrogen) atoms. The minimum atomic E-state index is -5.06. The summed E-state index contributed by atoms with van der Waals surface area (Å²) in [6.45, 7) is 4.33. The molecule has 4 amide bonds. The number of hydrogen-bond donors (Lipinski definition) is 1. The molecule has 2 unspecified atom stereocenters. The molecule has 2 aliphatic rings. The van der Waals surface area contributed by atoms with Crippen molar-refractivity contribution in [3.8, 4) is 0 Å². The summed E-state index contributed by atoms with van der Waals surface area (Å²) in [5.41, 5.74) is 4.02. The lowest BCUT2D eigenvalue weighted by Gasteiger charge is -2.45. The van der Waals surface area contributed by atoms with Gasteiger partial charge in [-0.1, -0.05) is 30.3 Å². The molecule has 2 aliphatic heterocycles. The van der Waals surface area contributed by atoms with Crippen molar-refractivity contribution in [3.63, 3.8) is 0 Å². The van der Waals surface area contributed by atoms with Crippen LogP contribution in [0, 0.1) is 18.8 Å². The minimum absolute atomic E-state index is 0.0839. The lowest BCUT2D eigenvalue weighted by atomic mass is 9.78. The number of amides is 4. The maximum Gasteiger partial charge on any atom is 0.416 e. The molecule has 2 fully saturated rings. The smallest absolute Gasteiger partial charge is 0.351 e. The van der Waals surface area contributed by atoms with Gasteiger partial charge >= 0.3 is 24.4 Å². The molecule has 0 aromatic heterocycles. The van der Waals surface area contributed by atoms with Gasteiger partial charge in [0.15, 0.2) is 0 Å². The Labute approximate surface area is 222 Å². The number of hydrogen-bond acceptors (Lipinski definition) is 2. The third-order valence-electron chi connectivity index (χ3n) is 8.06. The molecule has 0 radical (unpaired) electrons. The van der Waals surface area contributed by atoms with Crippen molar-refractivity contribution < 1.29 is 35.9 Å². The van der Waals surface area contributed by atoms with Gasteiger partial charge < -0.3 is 20.4 Å². The van der Waals surface area contributed by atoms with Crippen LogP contribution in [0.25, 0.3) is 0 Å². The van der Waals surface area contributed by atoms with Crippen molar-refractivity contribution in [3.05, 3.63) is 70.3 Å². The predicted molar refractivity (Wildman–Crippen MR) is 131 cm³/mol. The number of carbonyl (C=O) groups excluding carboxylic acids is 2. The number of carbonyl (C=O) groups is 2. The van der Waals surface area contributed by atoms with Crippen molar-refractivity contribution >= 4 is 12.1 Å². The topological polar surface area (TPSA) is 69.9 Å². The van der Waals surface area contributed by atoms with Gasteiger partial charge in [-0.3, -0.25) is 0 Å². The number of alkyl halides is 6. The lowest BCUT2D eigenvalue weighted by Crippen LogP contribution is -2.51. The Balaban J connectivity index is 1.70. The summed E-state index contributed by atoms with van der Waals surface area (Å²) in [7, 11) is 1.34. The highest BCUT2D eigenvalue weighted by Crippen LogP contribution is 2.46. The van der Waals surface area contributed by atoms with Crippen molar-refractivity contribution in [1.29, 1.82) is 0 Å². The Morgan fingerprint density at radius 3 is 2.28 bits per heavy atom. The first-order valence-electron chi connectivity index (χ1n) is 12.5. The number of halogens is 6. The standard InChI is InChI=1S/C27H30F6N4O2/c1-15-6-4-5-7-19(15)23-21-14-36(24(34)38)13-17(21)10-11-37(23)25(39)35(3)16(2)20-9-8-18(26(28,29)30)12-22(20)27(31,32)33/h4-9,12,16-17,21,23H,10-11,13-14H2,1-3H3,(H2,34,38)/t16?,17?,21-,23+/m1/s1. The van der Waals surface area contributed by atoms with Gasteiger partial charge in [-0.15, -0.1) is 0 Å². The molecule has 4 atom stereocenters. The van der Waals surface area contributed by atoms with E-state index in [-0.39, 0.29) is 17.9 Å². The van der Waals surface area contributed by atoms with Gasteiger partial charge in [0.05, 0.1) is 23.2 Å². The summed E-state index contributed by atoms with van der Waals surface area (Å²) in [4.78, 5) is 30.1. The molecule has 2 saturated heterocycles. The minimum Gasteiger partial charge on any atom is -0.351 e. The van der Waals surface area contributed by atoms with Crippen LogP contribution in [0.2, 0.25) is 0 Å². The summed E-state index contributed by atoms with van der Waals surface area (Å²) in [6.07, 6.45) is -9.44. The van der Waals surface area contributed by atoms with Crippen LogP contribution >= 0.6 is 0 Å². The Morgan fingerprint density at radius 2 is 1.69 bits per heavy atom. The Bertz CT molecular complexity index is 1250. The number of benzene rings is 2. The molecule has 2 aromatic rings. The quantitative estimate of drug-likeness (QED) is 0.456. The molecule has 2 aromatic carbocycles. The van der Waals surface area contributed by atoms with Crippen molar-refractivity contribution in [2.24, 2.45) is 17.6 Å². The second-order valence-corrected chi connectivity index (χ2v) is 10.3. The molecular weight excluding hydrogens is 526 g/mol. The fraction of sp³-hybridized carbons (Fsp3) is 0.481. The fourth-order valence-electron chi connectivity index (χ4n) is 5.87. The van der Waals surface area contributed by atoms with E-state index < -0.39 is 53.2 Å². The van der Waals surface area contributed by atoms with Crippen LogP contribution in [0.4, 0.5) is 35.9 Å². The monoisotopic (exact) mass is 556 g/mol. The highest BCUT2D eigenvalue weighted by atomic mass is 19.4. The molecule has 4 rings (SSSR count). The summed E-state index contributed by atoms with van der Waals surface area (Å²) >= 11 is 0. The molecule has 212 valence electrons. The number of primary amides is 1. The normalized spacial score (nSPS) is 22.4. The van der Waals surface area contributed by atoms with Crippen molar-refractivity contribution in [2.75, 3.05) is 26.7 Å². The van der Waals surface area contributed by atoms with E-state index in [1.165, 1.54) is 14.0 Å². The predicted octanol–water partition coefficient (Wildman–Crippen LogP) is 6.22. The number of piperidine rings is 1. The molecule has 0 aliphatic carbocycles. The fourth-order valence-corrected chi connectivity index (χ4v) is 5.87. The zero-order chi connectivity index (χ0) is 28.9. The molecule has 0 spiro atoms. The summed E-state index contributed by atoms with van der Waals surface area (Å²) in [5, 5.41) is 0. The van der Waals surface area contributed by atoms with Crippen LogP contribution in [-0.4, -0.2) is 53.4 Å². The van der Waals surface area contributed by atoms with Gasteiger partial charge in [-0.25, -0.2) is 9.59 Å². The number of nitrogens with zero attached hydrogens (tertiary/aromatic N) is 3. The van der Waals surface area contributed by atoms with E-state index in [0.29, 0.717) is 32.1 Å². The van der Waals surface area contributed by atoms with Gasteiger partial charge in [0, 0.05) is 32.6 Å². The number of urea groups is 2. The molecule has 2 N–H and O–H groups in total. The maximum atomic E-state index is 13.9. The first-order valence-corrected chi connectivity index (χ1v) is 12.5. The van der Waals surface area contributed by atoms with E-state index in [9.17, 15) is 35.9 Å². The molecular formula is C27H30F6N4O2. The van der Waals surface area contributed by atoms with E-state index in [4.69, 9.17) is 5.73 Å². The molecule has 2 heterocycles. The van der Waals surface area contributed by atoms with Crippen LogP contribution < -0.4 is 5.73 Å². The first kappa shape index (κ1) is 28.6. The average Bonchev–Trinajstić information content (AvgIpc) is 3.31. The van der Waals surface area contributed by atoms with E-state index in [1.54, 1.807) is 9.80 Å². The lowest BCUT2D eigenvalue weighted by molar-refractivity contribution is -0.143. The zero-order valence-corrected chi connectivity index (χ0v) is 21.7. The van der Waals surface area contributed by atoms with Gasteiger partial charge in [-0.05, 0) is 55.0 Å². The summed E-state index contributed by atoms with van der Waals surface area (Å²) < 4.78 is 81.1. The number of aryl methyl sites for hydroxylation is 1. The van der Waals surface area contributed by atoms with Crippen LogP contribution in [0.15, 0.2) is 42.5 Å². The highest BCUT2D eigenvalue weighted by molar-refractivity contribution is 5.76. The average molecular weight is 557 g/mol. The Hall–Kier alpha value is -3.44. The van der Waals surface area contributed by atoms with Gasteiger partial charge in [-0.2, -0.15) is 26.3 Å². The van der Waals surface area contributed by atoms with Crippen LogP contribution in [-0.2, 0) is 12.4 Å². The SMILES string of the molecule is Cc1ccccc1[C@H]1[C@@H]2CN(C(N)=O)CC2CCN1C(=O)N(C)C(C)c1ccc(C(F)(F)F)cc1C(F)(F)F. The number of likely N-dealkylation sites (tertiary alicyclic amines) is 2. The number of nitrogens with two attached hydrogens (primary N) is 1. The second-order valence-electron chi connectivity index (χ2n) is 10.3. The number of rotatable bonds is 3. The summed E-state index contributed by atoms with van der Waals surface area (Å²) in [6, 6.07) is 6.17. The first-order chi connectivity index (χ1) is 18.1. The third-order valence-corrected chi connectivity index (χ3v) is 8.06. The third kappa shape index (κ3) is 5.51. The van der Waals surface area contributed by atoms with Crippen molar-refractivity contribution in [2.45, 2.75) is 44.7 Å². The largest absolute Gasteiger partial charge is 0.416 e. The molecule has 0 bridgehead atoms. The zero-order valence-electron chi connectivity index (χ0n) is 21.7. The van der Waals surface area contributed by atoms with Crippen LogP contribution in [0.3, 0.4) is 0 Å². The highest BCUT2D eigenvalue weighted by Gasteiger charge is 2.48. The number of fused-ring (bicyclic) bond motifs is 1. The van der Waals surface area contributed by atoms with Crippen LogP contribution in [0.5, 0.6) is 0 Å². The van der Waals surface area contributed by atoms with Gasteiger partial charge in [0.1, 0.15) is 0 Å². The van der Waals surface area contributed by atoms with Gasteiger partial charge in [0.25, 0.3) is 0 Å². The van der Waals surface area contributed by atoms with E-state index in [1.807, 2.05) is 31.2 Å². The molecule has 6 nitrogen and oxygen atoms in total. The molecule has 0 saturated carbocycles. The van der Waals surface area contributed by atoms with Crippen LogP contribution in [0.1, 0.15) is 53.2 Å². The van der Waals surface area contributed by atoms with E-state index >= 15 is 0 Å². The van der Waals surface area contributed by atoms with Crippen molar-refractivity contribution in [1.82, 2.24) is 14.7 Å². The Morgan fingerprint density at radius 1 is 1.03 bits per heavy atom. The Kier molecular flexibility index (Phi) is 7.52. The van der Waals surface area contributed by atoms with E-state index in [2.05, 4.69) is 0 Å². The summed E-state index contributed by atoms with van der Waals surface area (Å²) in [5.74, 6) is -0.0579. The maximum absolute atomic E-state index is 13.9. The van der Waals surface area contributed by atoms with E-state index in [0.717, 1.165) is 22.1 Å². The second kappa shape index (κ2) is 10.3. The molecule has 12 heteroatoms. The van der Waals surface area contributed by atoms with Gasteiger partial charge in [0.2, 0.25) is 0 Å².